The SMILES string of the molecule is CCCNC(=O)C(NC(=O)c1ccc(NC(=O)c2ccccc2-c2ccc(C(F)(F)F)cc2)nc1)c1ccccc1. The maximum atomic E-state index is 13.1. The molecule has 0 spiro atoms. The van der Waals surface area contributed by atoms with E-state index >= 15 is 0 Å². The first-order chi connectivity index (χ1) is 19.7. The molecule has 4 aromatic rings. The molecular formula is C31H27F3N4O3. The minimum Gasteiger partial charge on any atom is -0.354 e. The summed E-state index contributed by atoms with van der Waals surface area (Å²) < 4.78 is 38.9. The van der Waals surface area contributed by atoms with Crippen molar-refractivity contribution in [3.05, 3.63) is 119 Å². The van der Waals surface area contributed by atoms with Crippen molar-refractivity contribution in [2.24, 2.45) is 0 Å². The highest BCUT2D eigenvalue weighted by atomic mass is 19.4. The van der Waals surface area contributed by atoms with E-state index in [-0.39, 0.29) is 22.9 Å². The number of nitrogens with one attached hydrogen (secondary N) is 3. The lowest BCUT2D eigenvalue weighted by Crippen LogP contribution is -2.40. The molecule has 0 fully saturated rings. The summed E-state index contributed by atoms with van der Waals surface area (Å²) in [5.74, 6) is -1.23. The van der Waals surface area contributed by atoms with Gasteiger partial charge in [0.25, 0.3) is 11.8 Å². The fraction of sp³-hybridized carbons (Fsp3) is 0.161. The van der Waals surface area contributed by atoms with Gasteiger partial charge in [0.15, 0.2) is 0 Å². The Bertz CT molecular complexity index is 1510. The van der Waals surface area contributed by atoms with Crippen LogP contribution in [0.25, 0.3) is 11.1 Å². The topological polar surface area (TPSA) is 100 Å². The molecule has 3 N–H and O–H groups in total. The van der Waals surface area contributed by atoms with Gasteiger partial charge in [0, 0.05) is 18.3 Å². The smallest absolute Gasteiger partial charge is 0.354 e. The Labute approximate surface area is 234 Å². The van der Waals surface area contributed by atoms with Gasteiger partial charge in [0.1, 0.15) is 11.9 Å². The van der Waals surface area contributed by atoms with Crippen LogP contribution >= 0.6 is 0 Å². The molecule has 1 atom stereocenters. The van der Waals surface area contributed by atoms with Crippen LogP contribution in [0.4, 0.5) is 19.0 Å². The van der Waals surface area contributed by atoms with Crippen molar-refractivity contribution in [1.29, 1.82) is 0 Å². The molecule has 10 heteroatoms. The van der Waals surface area contributed by atoms with Crippen LogP contribution < -0.4 is 16.0 Å². The third kappa shape index (κ3) is 7.36. The molecule has 0 saturated carbocycles. The summed E-state index contributed by atoms with van der Waals surface area (Å²) in [6.45, 7) is 2.39. The second kappa shape index (κ2) is 12.9. The van der Waals surface area contributed by atoms with Gasteiger partial charge in [-0.3, -0.25) is 14.4 Å². The van der Waals surface area contributed by atoms with Crippen LogP contribution in [0.3, 0.4) is 0 Å². The van der Waals surface area contributed by atoms with Gasteiger partial charge in [-0.25, -0.2) is 4.98 Å². The number of benzene rings is 3. The number of pyridine rings is 1. The first kappa shape index (κ1) is 29.0. The van der Waals surface area contributed by atoms with Crippen LogP contribution in [-0.4, -0.2) is 29.3 Å². The van der Waals surface area contributed by atoms with Crippen LogP contribution in [0.15, 0.2) is 97.2 Å². The zero-order valence-corrected chi connectivity index (χ0v) is 22.0. The van der Waals surface area contributed by atoms with Gasteiger partial charge in [-0.2, -0.15) is 13.2 Å². The third-order valence-corrected chi connectivity index (χ3v) is 6.18. The summed E-state index contributed by atoms with van der Waals surface area (Å²) in [7, 11) is 0. The molecule has 0 aliphatic rings. The van der Waals surface area contributed by atoms with Gasteiger partial charge in [0.05, 0.1) is 11.1 Å². The van der Waals surface area contributed by atoms with Gasteiger partial charge in [-0.05, 0) is 53.4 Å². The predicted octanol–water partition coefficient (Wildman–Crippen LogP) is 6.02. The fourth-order valence-corrected chi connectivity index (χ4v) is 4.07. The molecular weight excluding hydrogens is 533 g/mol. The highest BCUT2D eigenvalue weighted by molar-refractivity contribution is 6.08. The molecule has 4 rings (SSSR count). The molecule has 0 radical (unpaired) electrons. The number of anilines is 1. The number of hydrogen-bond donors (Lipinski definition) is 3. The van der Waals surface area contributed by atoms with E-state index in [0.29, 0.717) is 23.2 Å². The fourth-order valence-electron chi connectivity index (χ4n) is 4.07. The molecule has 3 aromatic carbocycles. The minimum absolute atomic E-state index is 0.161. The van der Waals surface area contributed by atoms with E-state index in [1.165, 1.54) is 30.5 Å². The molecule has 0 bridgehead atoms. The zero-order valence-electron chi connectivity index (χ0n) is 22.0. The largest absolute Gasteiger partial charge is 0.416 e. The Balaban J connectivity index is 1.47. The van der Waals surface area contributed by atoms with E-state index in [2.05, 4.69) is 20.9 Å². The molecule has 41 heavy (non-hydrogen) atoms. The number of hydrogen-bond acceptors (Lipinski definition) is 4. The first-order valence-corrected chi connectivity index (χ1v) is 12.8. The summed E-state index contributed by atoms with van der Waals surface area (Å²) in [4.78, 5) is 42.9. The van der Waals surface area contributed by atoms with Crippen molar-refractivity contribution in [3.63, 3.8) is 0 Å². The number of carbonyl (C=O) groups is 3. The number of nitrogens with zero attached hydrogens (tertiary/aromatic N) is 1. The van der Waals surface area contributed by atoms with Crippen LogP contribution in [0.5, 0.6) is 0 Å². The summed E-state index contributed by atoms with van der Waals surface area (Å²) >= 11 is 0. The monoisotopic (exact) mass is 560 g/mol. The van der Waals surface area contributed by atoms with Crippen molar-refractivity contribution in [2.45, 2.75) is 25.6 Å². The predicted molar refractivity (Wildman–Crippen MR) is 149 cm³/mol. The zero-order chi connectivity index (χ0) is 29.4. The van der Waals surface area contributed by atoms with Crippen LogP contribution in [0.1, 0.15) is 51.2 Å². The Hall–Kier alpha value is -4.99. The molecule has 3 amide bonds. The van der Waals surface area contributed by atoms with Crippen molar-refractivity contribution in [3.8, 4) is 11.1 Å². The van der Waals surface area contributed by atoms with Crippen LogP contribution in [0, 0.1) is 0 Å². The lowest BCUT2D eigenvalue weighted by molar-refractivity contribution is -0.137. The van der Waals surface area contributed by atoms with Gasteiger partial charge in [-0.1, -0.05) is 67.6 Å². The first-order valence-electron chi connectivity index (χ1n) is 12.8. The van der Waals surface area contributed by atoms with Gasteiger partial charge in [-0.15, -0.1) is 0 Å². The highest BCUT2D eigenvalue weighted by Gasteiger charge is 2.30. The Morgan fingerprint density at radius 2 is 1.51 bits per heavy atom. The Morgan fingerprint density at radius 1 is 0.829 bits per heavy atom. The molecule has 1 heterocycles. The summed E-state index contributed by atoms with van der Waals surface area (Å²) in [5, 5.41) is 8.18. The normalized spacial score (nSPS) is 11.8. The summed E-state index contributed by atoms with van der Waals surface area (Å²) in [5.41, 5.74) is 1.14. The number of aromatic nitrogens is 1. The molecule has 1 aromatic heterocycles. The molecule has 0 saturated heterocycles. The average Bonchev–Trinajstić information content (AvgIpc) is 2.99. The molecule has 210 valence electrons. The molecule has 0 aliphatic carbocycles. The highest BCUT2D eigenvalue weighted by Crippen LogP contribution is 2.32. The van der Waals surface area contributed by atoms with Crippen LogP contribution in [0.2, 0.25) is 0 Å². The van der Waals surface area contributed by atoms with E-state index in [0.717, 1.165) is 18.6 Å². The third-order valence-electron chi connectivity index (χ3n) is 6.18. The Morgan fingerprint density at radius 3 is 2.15 bits per heavy atom. The number of halogens is 3. The van der Waals surface area contributed by atoms with Crippen molar-refractivity contribution < 1.29 is 27.6 Å². The number of alkyl halides is 3. The van der Waals surface area contributed by atoms with E-state index < -0.39 is 29.6 Å². The van der Waals surface area contributed by atoms with Crippen molar-refractivity contribution in [1.82, 2.24) is 15.6 Å². The molecule has 1 unspecified atom stereocenters. The lowest BCUT2D eigenvalue weighted by atomic mass is 9.98. The molecule has 0 aliphatic heterocycles. The summed E-state index contributed by atoms with van der Waals surface area (Å²) in [6, 6.07) is 21.9. The van der Waals surface area contributed by atoms with E-state index in [1.54, 1.807) is 48.5 Å². The van der Waals surface area contributed by atoms with Gasteiger partial charge < -0.3 is 16.0 Å². The second-order valence-corrected chi connectivity index (χ2v) is 9.12. The minimum atomic E-state index is -4.46. The lowest BCUT2D eigenvalue weighted by Gasteiger charge is -2.19. The second-order valence-electron chi connectivity index (χ2n) is 9.12. The van der Waals surface area contributed by atoms with Crippen molar-refractivity contribution >= 4 is 23.5 Å². The average molecular weight is 561 g/mol. The van der Waals surface area contributed by atoms with Gasteiger partial charge in [0.2, 0.25) is 5.91 Å². The quantitative estimate of drug-likeness (QED) is 0.233. The maximum absolute atomic E-state index is 13.1. The number of carbonyl (C=O) groups excluding carboxylic acids is 3. The van der Waals surface area contributed by atoms with E-state index in [4.69, 9.17) is 0 Å². The van der Waals surface area contributed by atoms with Crippen molar-refractivity contribution in [2.75, 3.05) is 11.9 Å². The van der Waals surface area contributed by atoms with E-state index in [1.807, 2.05) is 13.0 Å². The molecule has 7 nitrogen and oxygen atoms in total. The number of rotatable bonds is 9. The summed E-state index contributed by atoms with van der Waals surface area (Å²) in [6.07, 6.45) is -2.44. The maximum Gasteiger partial charge on any atom is 0.416 e. The standard InChI is InChI=1S/C31H27F3N4O3/c1-2-18-35-30(41)27(21-8-4-3-5-9-21)38-28(39)22-14-17-26(36-19-22)37-29(40)25-11-7-6-10-24(25)20-12-15-23(16-13-20)31(32,33)34/h3-17,19,27H,2,18H2,1H3,(H,35,41)(H,38,39)(H,36,37,40). The van der Waals surface area contributed by atoms with Crippen LogP contribution in [-0.2, 0) is 11.0 Å². The Kier molecular flexibility index (Phi) is 9.13. The van der Waals surface area contributed by atoms with Gasteiger partial charge >= 0.3 is 6.18 Å². The van der Waals surface area contributed by atoms with E-state index in [9.17, 15) is 27.6 Å². The number of amides is 3.